The van der Waals surface area contributed by atoms with Crippen molar-refractivity contribution in [1.29, 1.82) is 0 Å². The first kappa shape index (κ1) is 16.9. The highest BCUT2D eigenvalue weighted by Gasteiger charge is 2.24. The number of nitrogens with zero attached hydrogens (tertiary/aromatic N) is 2. The largest absolute Gasteiger partial charge is 0.336 e. The van der Waals surface area contributed by atoms with E-state index < -0.39 is 15.7 Å². The van der Waals surface area contributed by atoms with Crippen LogP contribution in [0.2, 0.25) is 0 Å². The summed E-state index contributed by atoms with van der Waals surface area (Å²) in [4.78, 5) is 16.0. The Labute approximate surface area is 130 Å². The van der Waals surface area contributed by atoms with Crippen LogP contribution < -0.4 is 0 Å². The lowest BCUT2D eigenvalue weighted by Crippen LogP contribution is -2.49. The summed E-state index contributed by atoms with van der Waals surface area (Å²) in [7, 11) is -2.98. The summed E-state index contributed by atoms with van der Waals surface area (Å²) < 4.78 is 36.1. The van der Waals surface area contributed by atoms with Crippen molar-refractivity contribution in [2.24, 2.45) is 0 Å². The van der Waals surface area contributed by atoms with Gasteiger partial charge in [-0.25, -0.2) is 12.8 Å². The quantitative estimate of drug-likeness (QED) is 0.825. The van der Waals surface area contributed by atoms with E-state index in [1.54, 1.807) is 17.0 Å². The lowest BCUT2D eigenvalue weighted by Gasteiger charge is -2.34. The molecule has 122 valence electrons. The summed E-state index contributed by atoms with van der Waals surface area (Å²) in [6, 6.07) is 4.51. The van der Waals surface area contributed by atoms with Crippen molar-refractivity contribution in [3.63, 3.8) is 0 Å². The molecule has 1 aliphatic rings. The van der Waals surface area contributed by atoms with Gasteiger partial charge >= 0.3 is 0 Å². The third-order valence-electron chi connectivity index (χ3n) is 3.79. The average Bonchev–Trinajstić information content (AvgIpc) is 2.47. The summed E-state index contributed by atoms with van der Waals surface area (Å²) in [5, 5.41) is 0. The van der Waals surface area contributed by atoms with Gasteiger partial charge in [0.25, 0.3) is 5.91 Å². The van der Waals surface area contributed by atoms with Crippen molar-refractivity contribution in [1.82, 2.24) is 9.80 Å². The second-order valence-corrected chi connectivity index (χ2v) is 8.01. The summed E-state index contributed by atoms with van der Waals surface area (Å²) in [5.74, 6) is -0.688. The molecule has 0 radical (unpaired) electrons. The maximum absolute atomic E-state index is 13.8. The predicted molar refractivity (Wildman–Crippen MR) is 83.2 cm³/mol. The Hall–Kier alpha value is -1.47. The van der Waals surface area contributed by atoms with Crippen LogP contribution in [0.25, 0.3) is 0 Å². The molecule has 1 fully saturated rings. The molecule has 2 rings (SSSR count). The Morgan fingerprint density at radius 3 is 2.45 bits per heavy atom. The van der Waals surface area contributed by atoms with E-state index >= 15 is 0 Å². The summed E-state index contributed by atoms with van der Waals surface area (Å²) in [6.07, 6.45) is 1.22. The number of hydrogen-bond acceptors (Lipinski definition) is 4. The molecule has 1 saturated heterocycles. The maximum atomic E-state index is 13.8. The SMILES string of the molecule is Cc1ccc(F)c(C(=O)N2CCN(CCS(C)(=O)=O)CC2)c1. The Morgan fingerprint density at radius 2 is 1.86 bits per heavy atom. The molecule has 22 heavy (non-hydrogen) atoms. The molecule has 0 aliphatic carbocycles. The molecular weight excluding hydrogens is 307 g/mol. The zero-order chi connectivity index (χ0) is 16.3. The first-order valence-electron chi connectivity index (χ1n) is 7.22. The number of hydrogen-bond donors (Lipinski definition) is 0. The van der Waals surface area contributed by atoms with E-state index in [1.807, 2.05) is 11.8 Å². The number of carbonyl (C=O) groups excluding carboxylic acids is 1. The Morgan fingerprint density at radius 1 is 1.23 bits per heavy atom. The molecule has 1 aromatic carbocycles. The van der Waals surface area contributed by atoms with Crippen LogP contribution in [0.15, 0.2) is 18.2 Å². The lowest BCUT2D eigenvalue weighted by atomic mass is 10.1. The van der Waals surface area contributed by atoms with Crippen LogP contribution in [0.3, 0.4) is 0 Å². The van der Waals surface area contributed by atoms with Crippen LogP contribution >= 0.6 is 0 Å². The van der Waals surface area contributed by atoms with Crippen LogP contribution in [0.5, 0.6) is 0 Å². The van der Waals surface area contributed by atoms with E-state index in [4.69, 9.17) is 0 Å². The lowest BCUT2D eigenvalue weighted by molar-refractivity contribution is 0.0639. The van der Waals surface area contributed by atoms with Gasteiger partial charge in [0, 0.05) is 39.0 Å². The molecule has 7 heteroatoms. The number of sulfone groups is 1. The number of carbonyl (C=O) groups is 1. The van der Waals surface area contributed by atoms with Gasteiger partial charge in [-0.3, -0.25) is 9.69 Å². The van der Waals surface area contributed by atoms with Crippen molar-refractivity contribution in [2.45, 2.75) is 6.92 Å². The zero-order valence-electron chi connectivity index (χ0n) is 12.9. The maximum Gasteiger partial charge on any atom is 0.256 e. The van der Waals surface area contributed by atoms with E-state index in [9.17, 15) is 17.6 Å². The van der Waals surface area contributed by atoms with E-state index in [1.165, 1.54) is 12.3 Å². The fraction of sp³-hybridized carbons (Fsp3) is 0.533. The standard InChI is InChI=1S/C15H21FN2O3S/c1-12-3-4-14(16)13(11-12)15(19)18-7-5-17(6-8-18)9-10-22(2,20)21/h3-4,11H,5-10H2,1-2H3. The smallest absolute Gasteiger partial charge is 0.256 e. The molecule has 0 unspecified atom stereocenters. The predicted octanol–water partition coefficient (Wildman–Crippen LogP) is 0.937. The number of halogens is 1. The number of rotatable bonds is 4. The van der Waals surface area contributed by atoms with Gasteiger partial charge in [0.2, 0.25) is 0 Å². The molecule has 0 bridgehead atoms. The topological polar surface area (TPSA) is 57.7 Å². The molecule has 0 aromatic heterocycles. The third-order valence-corrected chi connectivity index (χ3v) is 4.71. The minimum absolute atomic E-state index is 0.101. The van der Waals surface area contributed by atoms with Crippen LogP contribution in [-0.2, 0) is 9.84 Å². The van der Waals surface area contributed by atoms with Gasteiger partial charge in [0.15, 0.2) is 0 Å². The minimum atomic E-state index is -2.98. The van der Waals surface area contributed by atoms with Gasteiger partial charge in [-0.05, 0) is 19.1 Å². The molecule has 5 nitrogen and oxygen atoms in total. The molecular formula is C15H21FN2O3S. The van der Waals surface area contributed by atoms with Gasteiger partial charge in [0.05, 0.1) is 11.3 Å². The fourth-order valence-corrected chi connectivity index (χ4v) is 3.03. The summed E-state index contributed by atoms with van der Waals surface area (Å²) in [6.45, 7) is 4.47. The number of amides is 1. The van der Waals surface area contributed by atoms with Crippen molar-refractivity contribution >= 4 is 15.7 Å². The Kier molecular flexibility index (Phi) is 5.18. The van der Waals surface area contributed by atoms with Crippen molar-refractivity contribution in [3.05, 3.63) is 35.1 Å². The zero-order valence-corrected chi connectivity index (χ0v) is 13.7. The summed E-state index contributed by atoms with van der Waals surface area (Å²) >= 11 is 0. The second kappa shape index (κ2) is 6.75. The molecule has 1 aliphatic heterocycles. The van der Waals surface area contributed by atoms with Crippen LogP contribution in [0.1, 0.15) is 15.9 Å². The Balaban J connectivity index is 1.94. The third kappa shape index (κ3) is 4.51. The molecule has 0 N–H and O–H groups in total. The average molecular weight is 328 g/mol. The van der Waals surface area contributed by atoms with E-state index in [0.29, 0.717) is 32.7 Å². The van der Waals surface area contributed by atoms with Crippen LogP contribution in [0, 0.1) is 12.7 Å². The second-order valence-electron chi connectivity index (χ2n) is 5.75. The monoisotopic (exact) mass is 328 g/mol. The van der Waals surface area contributed by atoms with Gasteiger partial charge in [-0.1, -0.05) is 11.6 Å². The highest BCUT2D eigenvalue weighted by Crippen LogP contribution is 2.14. The normalized spacial score (nSPS) is 16.8. The summed E-state index contributed by atoms with van der Waals surface area (Å²) in [5.41, 5.74) is 0.945. The van der Waals surface area contributed by atoms with E-state index in [0.717, 1.165) is 5.56 Å². The molecule has 1 heterocycles. The number of piperazine rings is 1. The first-order valence-corrected chi connectivity index (χ1v) is 9.28. The molecule has 1 aromatic rings. The van der Waals surface area contributed by atoms with E-state index in [-0.39, 0.29) is 17.2 Å². The van der Waals surface area contributed by atoms with Gasteiger partial charge in [-0.15, -0.1) is 0 Å². The fourth-order valence-electron chi connectivity index (χ4n) is 2.44. The highest BCUT2D eigenvalue weighted by atomic mass is 32.2. The first-order chi connectivity index (χ1) is 10.3. The molecule has 0 saturated carbocycles. The minimum Gasteiger partial charge on any atom is -0.336 e. The van der Waals surface area contributed by atoms with Crippen molar-refractivity contribution in [2.75, 3.05) is 44.7 Å². The van der Waals surface area contributed by atoms with Gasteiger partial charge in [0.1, 0.15) is 15.7 Å². The molecule has 0 spiro atoms. The van der Waals surface area contributed by atoms with Gasteiger partial charge < -0.3 is 4.90 Å². The van der Waals surface area contributed by atoms with Crippen molar-refractivity contribution in [3.8, 4) is 0 Å². The number of benzene rings is 1. The van der Waals surface area contributed by atoms with Crippen molar-refractivity contribution < 1.29 is 17.6 Å². The van der Waals surface area contributed by atoms with Crippen LogP contribution in [0.4, 0.5) is 4.39 Å². The highest BCUT2D eigenvalue weighted by molar-refractivity contribution is 7.90. The molecule has 1 amide bonds. The van der Waals surface area contributed by atoms with Crippen LogP contribution in [-0.4, -0.2) is 68.9 Å². The van der Waals surface area contributed by atoms with Gasteiger partial charge in [-0.2, -0.15) is 0 Å². The van der Waals surface area contributed by atoms with E-state index in [2.05, 4.69) is 0 Å². The molecule has 0 atom stereocenters. The Bertz CT molecular complexity index is 653. The number of aryl methyl sites for hydroxylation is 1.